The van der Waals surface area contributed by atoms with Crippen LogP contribution in [-0.4, -0.2) is 25.2 Å². The Bertz CT molecular complexity index is 309. The zero-order valence-corrected chi connectivity index (χ0v) is 12.5. The molecular formula is C14H23BrN2. The van der Waals surface area contributed by atoms with Crippen molar-refractivity contribution in [3.8, 4) is 0 Å². The highest BCUT2D eigenvalue weighted by molar-refractivity contribution is 9.10. The van der Waals surface area contributed by atoms with E-state index in [1.165, 1.54) is 5.56 Å². The van der Waals surface area contributed by atoms with Gasteiger partial charge in [0.25, 0.3) is 0 Å². The number of halogens is 1. The van der Waals surface area contributed by atoms with E-state index in [4.69, 9.17) is 0 Å². The van der Waals surface area contributed by atoms with E-state index in [1.807, 2.05) is 0 Å². The summed E-state index contributed by atoms with van der Waals surface area (Å²) in [5.41, 5.74) is 1.38. The van der Waals surface area contributed by atoms with Crippen LogP contribution in [-0.2, 0) is 6.42 Å². The molecule has 0 heterocycles. The van der Waals surface area contributed by atoms with Crippen molar-refractivity contribution in [2.24, 2.45) is 0 Å². The Morgan fingerprint density at radius 3 is 2.29 bits per heavy atom. The molecule has 1 aromatic rings. The van der Waals surface area contributed by atoms with Gasteiger partial charge in [0.05, 0.1) is 0 Å². The summed E-state index contributed by atoms with van der Waals surface area (Å²) >= 11 is 3.45. The van der Waals surface area contributed by atoms with Crippen molar-refractivity contribution < 1.29 is 0 Å². The van der Waals surface area contributed by atoms with Gasteiger partial charge in [0.2, 0.25) is 0 Å². The van der Waals surface area contributed by atoms with Gasteiger partial charge in [0, 0.05) is 23.1 Å². The van der Waals surface area contributed by atoms with E-state index in [1.54, 1.807) is 0 Å². The van der Waals surface area contributed by atoms with Gasteiger partial charge < -0.3 is 10.6 Å². The van der Waals surface area contributed by atoms with Gasteiger partial charge in [-0.1, -0.05) is 41.9 Å². The minimum absolute atomic E-state index is 0.521. The molecule has 2 nitrogen and oxygen atoms in total. The van der Waals surface area contributed by atoms with Crippen molar-refractivity contribution in [3.05, 3.63) is 34.3 Å². The largest absolute Gasteiger partial charge is 0.313 e. The van der Waals surface area contributed by atoms with E-state index in [2.05, 4.69) is 71.6 Å². The zero-order chi connectivity index (χ0) is 12.7. The first kappa shape index (κ1) is 14.7. The second kappa shape index (κ2) is 7.85. The summed E-state index contributed by atoms with van der Waals surface area (Å²) in [6, 6.07) is 9.61. The molecule has 0 aliphatic carbocycles. The van der Waals surface area contributed by atoms with E-state index < -0.39 is 0 Å². The molecule has 0 bridgehead atoms. The Balaban J connectivity index is 2.16. The first-order chi connectivity index (χ1) is 8.08. The topological polar surface area (TPSA) is 24.1 Å². The van der Waals surface area contributed by atoms with Crippen LogP contribution in [0.5, 0.6) is 0 Å². The van der Waals surface area contributed by atoms with Crippen LogP contribution in [0.25, 0.3) is 0 Å². The van der Waals surface area contributed by atoms with Gasteiger partial charge >= 0.3 is 0 Å². The molecule has 1 aromatic carbocycles. The summed E-state index contributed by atoms with van der Waals surface area (Å²) in [7, 11) is 0. The second-order valence-electron chi connectivity index (χ2n) is 4.79. The van der Waals surface area contributed by atoms with Crippen LogP contribution < -0.4 is 10.6 Å². The van der Waals surface area contributed by atoms with Crippen molar-refractivity contribution >= 4 is 15.9 Å². The summed E-state index contributed by atoms with van der Waals surface area (Å²) in [5, 5.41) is 6.96. The maximum atomic E-state index is 3.53. The molecule has 0 fully saturated rings. The first-order valence-corrected chi connectivity index (χ1v) is 7.08. The maximum Gasteiger partial charge on any atom is 0.0175 e. The fourth-order valence-corrected chi connectivity index (χ4v) is 1.86. The van der Waals surface area contributed by atoms with Crippen LogP contribution in [0.15, 0.2) is 28.7 Å². The quantitative estimate of drug-likeness (QED) is 0.809. The predicted molar refractivity (Wildman–Crippen MR) is 78.4 cm³/mol. The molecular weight excluding hydrogens is 276 g/mol. The van der Waals surface area contributed by atoms with Gasteiger partial charge in [-0.15, -0.1) is 0 Å². The summed E-state index contributed by atoms with van der Waals surface area (Å²) in [4.78, 5) is 0. The summed E-state index contributed by atoms with van der Waals surface area (Å²) in [5.74, 6) is 0. The molecule has 0 saturated carbocycles. The zero-order valence-electron chi connectivity index (χ0n) is 11.0. The lowest BCUT2D eigenvalue weighted by Gasteiger charge is -2.16. The second-order valence-corrected chi connectivity index (χ2v) is 5.71. The molecule has 0 amide bonds. The highest BCUT2D eigenvalue weighted by atomic mass is 79.9. The number of rotatable bonds is 7. The summed E-state index contributed by atoms with van der Waals surface area (Å²) in [6.45, 7) is 8.63. The Kier molecular flexibility index (Phi) is 6.78. The van der Waals surface area contributed by atoms with Gasteiger partial charge in [0.15, 0.2) is 0 Å². The predicted octanol–water partition coefficient (Wildman–Crippen LogP) is 2.97. The minimum atomic E-state index is 0.521. The molecule has 1 rings (SSSR count). The van der Waals surface area contributed by atoms with Crippen LogP contribution in [0.1, 0.15) is 26.3 Å². The van der Waals surface area contributed by atoms with E-state index >= 15 is 0 Å². The number of hydrogen-bond acceptors (Lipinski definition) is 2. The van der Waals surface area contributed by atoms with Crippen LogP contribution in [0.3, 0.4) is 0 Å². The Morgan fingerprint density at radius 2 is 1.71 bits per heavy atom. The monoisotopic (exact) mass is 298 g/mol. The lowest BCUT2D eigenvalue weighted by Crippen LogP contribution is -2.39. The molecule has 1 unspecified atom stereocenters. The SMILES string of the molecule is CC(C)NCC(C)NCCc1ccc(Br)cc1. The van der Waals surface area contributed by atoms with E-state index in [9.17, 15) is 0 Å². The van der Waals surface area contributed by atoms with Gasteiger partial charge in [-0.2, -0.15) is 0 Å². The Hall–Kier alpha value is -0.380. The first-order valence-electron chi connectivity index (χ1n) is 6.29. The molecule has 1 atom stereocenters. The van der Waals surface area contributed by atoms with Gasteiger partial charge in [0.1, 0.15) is 0 Å². The lowest BCUT2D eigenvalue weighted by atomic mass is 10.1. The molecule has 0 aromatic heterocycles. The molecule has 0 aliphatic rings. The van der Waals surface area contributed by atoms with Crippen molar-refractivity contribution in [2.75, 3.05) is 13.1 Å². The molecule has 0 aliphatic heterocycles. The van der Waals surface area contributed by atoms with Crippen LogP contribution in [0.2, 0.25) is 0 Å². The average Bonchev–Trinajstić information content (AvgIpc) is 2.29. The van der Waals surface area contributed by atoms with E-state index in [0.717, 1.165) is 24.0 Å². The molecule has 0 saturated heterocycles. The molecule has 2 N–H and O–H groups in total. The average molecular weight is 299 g/mol. The summed E-state index contributed by atoms with van der Waals surface area (Å²) < 4.78 is 1.14. The van der Waals surface area contributed by atoms with Crippen LogP contribution >= 0.6 is 15.9 Å². The fourth-order valence-electron chi connectivity index (χ4n) is 1.60. The van der Waals surface area contributed by atoms with Crippen LogP contribution in [0, 0.1) is 0 Å². The number of benzene rings is 1. The highest BCUT2D eigenvalue weighted by Crippen LogP contribution is 2.10. The maximum absolute atomic E-state index is 3.53. The molecule has 96 valence electrons. The number of nitrogens with one attached hydrogen (secondary N) is 2. The minimum Gasteiger partial charge on any atom is -0.313 e. The molecule has 0 radical (unpaired) electrons. The van der Waals surface area contributed by atoms with E-state index in [0.29, 0.717) is 12.1 Å². The summed E-state index contributed by atoms with van der Waals surface area (Å²) in [6.07, 6.45) is 1.08. The fraction of sp³-hybridized carbons (Fsp3) is 0.571. The standard InChI is InChI=1S/C14H23BrN2/c1-11(2)17-10-12(3)16-9-8-13-4-6-14(15)7-5-13/h4-7,11-12,16-17H,8-10H2,1-3H3. The van der Waals surface area contributed by atoms with Crippen molar-refractivity contribution in [3.63, 3.8) is 0 Å². The Labute approximate surface area is 113 Å². The van der Waals surface area contributed by atoms with E-state index in [-0.39, 0.29) is 0 Å². The lowest BCUT2D eigenvalue weighted by molar-refractivity contribution is 0.476. The highest BCUT2D eigenvalue weighted by Gasteiger charge is 2.01. The number of hydrogen-bond donors (Lipinski definition) is 2. The van der Waals surface area contributed by atoms with Crippen molar-refractivity contribution in [2.45, 2.75) is 39.3 Å². The van der Waals surface area contributed by atoms with Crippen molar-refractivity contribution in [1.82, 2.24) is 10.6 Å². The smallest absolute Gasteiger partial charge is 0.0175 e. The third-order valence-electron chi connectivity index (χ3n) is 2.65. The third kappa shape index (κ3) is 6.81. The van der Waals surface area contributed by atoms with Crippen molar-refractivity contribution in [1.29, 1.82) is 0 Å². The normalized spacial score (nSPS) is 13.0. The molecule has 3 heteroatoms. The molecule has 17 heavy (non-hydrogen) atoms. The van der Waals surface area contributed by atoms with Crippen LogP contribution in [0.4, 0.5) is 0 Å². The Morgan fingerprint density at radius 1 is 1.06 bits per heavy atom. The van der Waals surface area contributed by atoms with Gasteiger partial charge in [-0.05, 0) is 37.6 Å². The third-order valence-corrected chi connectivity index (χ3v) is 3.18. The molecule has 0 spiro atoms. The van der Waals surface area contributed by atoms with Gasteiger partial charge in [-0.3, -0.25) is 0 Å². The van der Waals surface area contributed by atoms with Gasteiger partial charge in [-0.25, -0.2) is 0 Å².